The largest absolute Gasteiger partial charge is 0.494 e. The molecule has 0 radical (unpaired) electrons. The SMILES string of the molecule is CCOc1ccc(Nc2nc(C(=O)Nc3ccc(Cl)nc3)cs2)cc1. The highest BCUT2D eigenvalue weighted by atomic mass is 35.5. The van der Waals surface area contributed by atoms with E-state index in [0.29, 0.717) is 28.3 Å². The molecule has 0 saturated carbocycles. The summed E-state index contributed by atoms with van der Waals surface area (Å²) in [4.78, 5) is 20.4. The van der Waals surface area contributed by atoms with Crippen molar-refractivity contribution in [2.45, 2.75) is 6.92 Å². The van der Waals surface area contributed by atoms with Crippen LogP contribution in [0.5, 0.6) is 5.75 Å². The number of pyridine rings is 1. The van der Waals surface area contributed by atoms with Crippen molar-refractivity contribution in [1.29, 1.82) is 0 Å². The lowest BCUT2D eigenvalue weighted by molar-refractivity contribution is 0.102. The molecule has 0 saturated heterocycles. The van der Waals surface area contributed by atoms with E-state index in [1.807, 2.05) is 31.2 Å². The van der Waals surface area contributed by atoms with E-state index >= 15 is 0 Å². The molecule has 2 aromatic heterocycles. The van der Waals surface area contributed by atoms with Crippen LogP contribution in [0, 0.1) is 0 Å². The number of nitrogens with one attached hydrogen (secondary N) is 2. The fourth-order valence-corrected chi connectivity index (χ4v) is 2.83. The van der Waals surface area contributed by atoms with E-state index in [2.05, 4.69) is 20.6 Å². The van der Waals surface area contributed by atoms with Crippen LogP contribution >= 0.6 is 22.9 Å². The summed E-state index contributed by atoms with van der Waals surface area (Å²) in [5.41, 5.74) is 1.75. The zero-order valence-corrected chi connectivity index (χ0v) is 14.9. The molecular weight excluding hydrogens is 360 g/mol. The van der Waals surface area contributed by atoms with Crippen molar-refractivity contribution in [3.63, 3.8) is 0 Å². The average Bonchev–Trinajstić information content (AvgIpc) is 3.08. The quantitative estimate of drug-likeness (QED) is 0.617. The predicted molar refractivity (Wildman–Crippen MR) is 100 cm³/mol. The highest BCUT2D eigenvalue weighted by Crippen LogP contribution is 2.23. The molecule has 0 aliphatic heterocycles. The van der Waals surface area contributed by atoms with Crippen molar-refractivity contribution in [2.75, 3.05) is 17.2 Å². The molecule has 0 atom stereocenters. The van der Waals surface area contributed by atoms with E-state index in [1.54, 1.807) is 17.5 Å². The van der Waals surface area contributed by atoms with Crippen molar-refractivity contribution in [1.82, 2.24) is 9.97 Å². The number of carbonyl (C=O) groups is 1. The maximum Gasteiger partial charge on any atom is 0.275 e. The van der Waals surface area contributed by atoms with Gasteiger partial charge in [-0.25, -0.2) is 9.97 Å². The second kappa shape index (κ2) is 7.96. The van der Waals surface area contributed by atoms with Gasteiger partial charge in [-0.05, 0) is 43.3 Å². The number of thiazole rings is 1. The van der Waals surface area contributed by atoms with Gasteiger partial charge in [0.2, 0.25) is 0 Å². The standard InChI is InChI=1S/C17H15ClN4O2S/c1-2-24-13-6-3-11(4-7-13)21-17-22-14(10-25-17)16(23)20-12-5-8-15(18)19-9-12/h3-10H,2H2,1H3,(H,20,23)(H,21,22). The number of aromatic nitrogens is 2. The molecule has 2 N–H and O–H groups in total. The molecule has 1 amide bonds. The Morgan fingerprint density at radius 1 is 1.20 bits per heavy atom. The Morgan fingerprint density at radius 2 is 1.96 bits per heavy atom. The molecule has 8 heteroatoms. The first kappa shape index (κ1) is 17.2. The fourth-order valence-electron chi connectivity index (χ4n) is 2.00. The number of nitrogens with zero attached hydrogens (tertiary/aromatic N) is 2. The fraction of sp³-hybridized carbons (Fsp3) is 0.118. The third kappa shape index (κ3) is 4.68. The molecular formula is C17H15ClN4O2S. The molecule has 6 nitrogen and oxygen atoms in total. The third-order valence-electron chi connectivity index (χ3n) is 3.14. The Kier molecular flexibility index (Phi) is 5.47. The highest BCUT2D eigenvalue weighted by molar-refractivity contribution is 7.14. The summed E-state index contributed by atoms with van der Waals surface area (Å²) < 4.78 is 5.40. The van der Waals surface area contributed by atoms with Crippen LogP contribution in [-0.4, -0.2) is 22.5 Å². The van der Waals surface area contributed by atoms with Gasteiger partial charge in [-0.15, -0.1) is 11.3 Å². The molecule has 0 fully saturated rings. The molecule has 3 rings (SSSR count). The van der Waals surface area contributed by atoms with Gasteiger partial charge in [0.05, 0.1) is 18.5 Å². The van der Waals surface area contributed by atoms with Gasteiger partial charge in [0, 0.05) is 11.1 Å². The maximum atomic E-state index is 12.2. The van der Waals surface area contributed by atoms with E-state index in [0.717, 1.165) is 11.4 Å². The molecule has 1 aromatic carbocycles. The number of ether oxygens (including phenoxy) is 1. The molecule has 2 heterocycles. The topological polar surface area (TPSA) is 76.1 Å². The van der Waals surface area contributed by atoms with E-state index < -0.39 is 0 Å². The zero-order chi connectivity index (χ0) is 17.6. The number of anilines is 3. The van der Waals surface area contributed by atoms with Crippen LogP contribution in [-0.2, 0) is 0 Å². The van der Waals surface area contributed by atoms with Crippen LogP contribution in [0.2, 0.25) is 5.15 Å². The minimum absolute atomic E-state index is 0.305. The Labute approximate surface area is 153 Å². The number of halogens is 1. The normalized spacial score (nSPS) is 10.3. The van der Waals surface area contributed by atoms with E-state index in [1.165, 1.54) is 17.5 Å². The molecule has 0 bridgehead atoms. The summed E-state index contributed by atoms with van der Waals surface area (Å²) >= 11 is 7.07. The van der Waals surface area contributed by atoms with Crippen molar-refractivity contribution in [3.05, 3.63) is 58.8 Å². The van der Waals surface area contributed by atoms with E-state index in [4.69, 9.17) is 16.3 Å². The number of hydrogen-bond donors (Lipinski definition) is 2. The molecule has 0 unspecified atom stereocenters. The number of rotatable bonds is 6. The van der Waals surface area contributed by atoms with Crippen molar-refractivity contribution < 1.29 is 9.53 Å². The van der Waals surface area contributed by atoms with Crippen LogP contribution in [0.25, 0.3) is 0 Å². The summed E-state index contributed by atoms with van der Waals surface area (Å²) in [7, 11) is 0. The molecule has 0 aliphatic rings. The number of hydrogen-bond acceptors (Lipinski definition) is 6. The maximum absolute atomic E-state index is 12.2. The van der Waals surface area contributed by atoms with Crippen molar-refractivity contribution >= 4 is 45.4 Å². The van der Waals surface area contributed by atoms with Gasteiger partial charge >= 0.3 is 0 Å². The molecule has 128 valence electrons. The third-order valence-corrected chi connectivity index (χ3v) is 4.12. The van der Waals surface area contributed by atoms with Gasteiger partial charge in [0.25, 0.3) is 5.91 Å². The second-order valence-corrected chi connectivity index (χ2v) is 6.19. The van der Waals surface area contributed by atoms with Gasteiger partial charge in [0.15, 0.2) is 5.13 Å². The van der Waals surface area contributed by atoms with Gasteiger partial charge in [-0.3, -0.25) is 4.79 Å². The predicted octanol–water partition coefficient (Wildman–Crippen LogP) is 4.59. The van der Waals surface area contributed by atoms with Crippen molar-refractivity contribution in [3.8, 4) is 5.75 Å². The first-order valence-electron chi connectivity index (χ1n) is 7.52. The van der Waals surface area contributed by atoms with Crippen LogP contribution in [0.4, 0.5) is 16.5 Å². The average molecular weight is 375 g/mol. The Hall–Kier alpha value is -2.64. The van der Waals surface area contributed by atoms with Gasteiger partial charge in [-0.2, -0.15) is 0 Å². The molecule has 25 heavy (non-hydrogen) atoms. The summed E-state index contributed by atoms with van der Waals surface area (Å²) in [5, 5.41) is 8.57. The van der Waals surface area contributed by atoms with Gasteiger partial charge < -0.3 is 15.4 Å². The minimum Gasteiger partial charge on any atom is -0.494 e. The lowest BCUT2D eigenvalue weighted by Crippen LogP contribution is -2.12. The summed E-state index contributed by atoms with van der Waals surface area (Å²) in [6.07, 6.45) is 1.49. The lowest BCUT2D eigenvalue weighted by atomic mass is 10.3. The molecule has 0 spiro atoms. The Bertz CT molecular complexity index is 850. The summed E-state index contributed by atoms with van der Waals surface area (Å²) in [6.45, 7) is 2.56. The van der Waals surface area contributed by atoms with Gasteiger partial charge in [-0.1, -0.05) is 11.6 Å². The monoisotopic (exact) mass is 374 g/mol. The summed E-state index contributed by atoms with van der Waals surface area (Å²) in [6, 6.07) is 10.8. The minimum atomic E-state index is -0.305. The lowest BCUT2D eigenvalue weighted by Gasteiger charge is -2.05. The number of benzene rings is 1. The van der Waals surface area contributed by atoms with Crippen LogP contribution < -0.4 is 15.4 Å². The molecule has 0 aliphatic carbocycles. The second-order valence-electron chi connectivity index (χ2n) is 4.94. The van der Waals surface area contributed by atoms with Crippen LogP contribution in [0.1, 0.15) is 17.4 Å². The van der Waals surface area contributed by atoms with Gasteiger partial charge in [0.1, 0.15) is 16.6 Å². The Morgan fingerprint density at radius 3 is 2.64 bits per heavy atom. The molecule has 3 aromatic rings. The number of amides is 1. The van der Waals surface area contributed by atoms with E-state index in [-0.39, 0.29) is 5.91 Å². The zero-order valence-electron chi connectivity index (χ0n) is 13.3. The van der Waals surface area contributed by atoms with Crippen LogP contribution in [0.15, 0.2) is 48.0 Å². The first-order chi connectivity index (χ1) is 12.1. The van der Waals surface area contributed by atoms with E-state index in [9.17, 15) is 4.79 Å². The number of carbonyl (C=O) groups excluding carboxylic acids is 1. The Balaban J connectivity index is 1.63. The van der Waals surface area contributed by atoms with Crippen LogP contribution in [0.3, 0.4) is 0 Å². The van der Waals surface area contributed by atoms with Crippen molar-refractivity contribution in [2.24, 2.45) is 0 Å². The first-order valence-corrected chi connectivity index (χ1v) is 8.78. The smallest absolute Gasteiger partial charge is 0.275 e. The summed E-state index contributed by atoms with van der Waals surface area (Å²) in [5.74, 6) is 0.504. The highest BCUT2D eigenvalue weighted by Gasteiger charge is 2.11.